The summed E-state index contributed by atoms with van der Waals surface area (Å²) in [5.41, 5.74) is 2.13. The van der Waals surface area contributed by atoms with Gasteiger partial charge in [-0.15, -0.1) is 0 Å². The van der Waals surface area contributed by atoms with Crippen LogP contribution in [-0.2, 0) is 13.0 Å². The fourth-order valence-corrected chi connectivity index (χ4v) is 2.21. The summed E-state index contributed by atoms with van der Waals surface area (Å²) in [7, 11) is 1.52. The summed E-state index contributed by atoms with van der Waals surface area (Å²) in [5.74, 6) is 0.585. The molecule has 4 nitrogen and oxygen atoms in total. The van der Waals surface area contributed by atoms with Gasteiger partial charge in [0.2, 0.25) is 0 Å². The summed E-state index contributed by atoms with van der Waals surface area (Å²) in [6, 6.07) is 15.3. The molecule has 112 valence electrons. The Morgan fingerprint density at radius 3 is 2.48 bits per heavy atom. The predicted octanol–water partition coefficient (Wildman–Crippen LogP) is 2.09. The van der Waals surface area contributed by atoms with Crippen molar-refractivity contribution < 1.29 is 14.9 Å². The molecule has 2 aromatic carbocycles. The molecule has 2 rings (SSSR count). The molecule has 0 heterocycles. The van der Waals surface area contributed by atoms with Crippen LogP contribution in [-0.4, -0.2) is 30.0 Å². The zero-order valence-electron chi connectivity index (χ0n) is 12.1. The van der Waals surface area contributed by atoms with Crippen LogP contribution >= 0.6 is 0 Å². The Kier molecular flexibility index (Phi) is 5.60. The van der Waals surface area contributed by atoms with Crippen LogP contribution in [0.5, 0.6) is 11.5 Å². The molecule has 0 amide bonds. The molecule has 0 bridgehead atoms. The minimum atomic E-state index is -0.0170. The highest BCUT2D eigenvalue weighted by atomic mass is 16.5. The second-order valence-corrected chi connectivity index (χ2v) is 4.96. The Balaban J connectivity index is 1.92. The van der Waals surface area contributed by atoms with E-state index >= 15 is 0 Å². The molecule has 0 aliphatic heterocycles. The maximum atomic E-state index is 9.75. The van der Waals surface area contributed by atoms with Crippen molar-refractivity contribution in [2.75, 3.05) is 13.7 Å². The highest BCUT2D eigenvalue weighted by Gasteiger charge is 2.09. The lowest BCUT2D eigenvalue weighted by atomic mass is 10.1. The molecule has 1 atom stereocenters. The highest BCUT2D eigenvalue weighted by molar-refractivity contribution is 5.41. The van der Waals surface area contributed by atoms with Gasteiger partial charge in [0.25, 0.3) is 0 Å². The van der Waals surface area contributed by atoms with Crippen molar-refractivity contribution in [3.05, 3.63) is 59.7 Å². The first-order valence-electron chi connectivity index (χ1n) is 6.97. The Morgan fingerprint density at radius 2 is 1.86 bits per heavy atom. The molecule has 0 fully saturated rings. The number of nitrogens with one attached hydrogen (secondary N) is 1. The average Bonchev–Trinajstić information content (AvgIpc) is 2.52. The van der Waals surface area contributed by atoms with E-state index < -0.39 is 0 Å². The minimum Gasteiger partial charge on any atom is -0.504 e. The highest BCUT2D eigenvalue weighted by Crippen LogP contribution is 2.26. The maximum Gasteiger partial charge on any atom is 0.160 e. The number of benzene rings is 2. The van der Waals surface area contributed by atoms with Gasteiger partial charge in [-0.2, -0.15) is 0 Å². The molecule has 0 unspecified atom stereocenters. The predicted molar refractivity (Wildman–Crippen MR) is 82.5 cm³/mol. The fraction of sp³-hybridized carbons (Fsp3) is 0.294. The van der Waals surface area contributed by atoms with E-state index in [9.17, 15) is 10.2 Å². The summed E-state index contributed by atoms with van der Waals surface area (Å²) in [5, 5.41) is 22.5. The van der Waals surface area contributed by atoms with Gasteiger partial charge in [-0.25, -0.2) is 0 Å². The number of ether oxygens (including phenoxy) is 1. The standard InChI is InChI=1S/C17H21NO3/c1-21-17-8-7-14(10-16(17)20)11-18-15(12-19)9-13-5-3-2-4-6-13/h2-8,10,15,18-20H,9,11-12H2,1H3/t15-/m1/s1. The number of phenolic OH excluding ortho intramolecular Hbond substituents is 1. The van der Waals surface area contributed by atoms with E-state index in [-0.39, 0.29) is 18.4 Å². The summed E-state index contributed by atoms with van der Waals surface area (Å²) < 4.78 is 5.02. The van der Waals surface area contributed by atoms with Crippen LogP contribution in [0.2, 0.25) is 0 Å². The van der Waals surface area contributed by atoms with Crippen molar-refractivity contribution in [1.82, 2.24) is 5.32 Å². The van der Waals surface area contributed by atoms with Crippen LogP contribution in [0, 0.1) is 0 Å². The quantitative estimate of drug-likeness (QED) is 0.730. The van der Waals surface area contributed by atoms with Gasteiger partial charge >= 0.3 is 0 Å². The van der Waals surface area contributed by atoms with Gasteiger partial charge < -0.3 is 20.3 Å². The Hall–Kier alpha value is -2.04. The number of aliphatic hydroxyl groups is 1. The normalized spacial score (nSPS) is 12.1. The first-order valence-corrected chi connectivity index (χ1v) is 6.97. The van der Waals surface area contributed by atoms with Gasteiger partial charge in [-0.3, -0.25) is 0 Å². The van der Waals surface area contributed by atoms with Crippen LogP contribution in [0.3, 0.4) is 0 Å². The van der Waals surface area contributed by atoms with Crippen molar-refractivity contribution in [2.24, 2.45) is 0 Å². The monoisotopic (exact) mass is 287 g/mol. The molecule has 0 saturated carbocycles. The van der Waals surface area contributed by atoms with Crippen LogP contribution in [0.15, 0.2) is 48.5 Å². The molecule has 0 saturated heterocycles. The maximum absolute atomic E-state index is 9.75. The Bertz CT molecular complexity index is 557. The van der Waals surface area contributed by atoms with Gasteiger partial charge in [-0.05, 0) is 29.7 Å². The first kappa shape index (κ1) is 15.4. The molecular formula is C17H21NO3. The van der Waals surface area contributed by atoms with Crippen LogP contribution in [0.25, 0.3) is 0 Å². The molecule has 0 aliphatic rings. The van der Waals surface area contributed by atoms with E-state index in [2.05, 4.69) is 5.32 Å². The molecule has 0 spiro atoms. The van der Waals surface area contributed by atoms with E-state index in [1.54, 1.807) is 12.1 Å². The Morgan fingerprint density at radius 1 is 1.10 bits per heavy atom. The molecule has 0 aromatic heterocycles. The number of aromatic hydroxyl groups is 1. The van der Waals surface area contributed by atoms with Crippen LogP contribution in [0.4, 0.5) is 0 Å². The second kappa shape index (κ2) is 7.67. The zero-order chi connectivity index (χ0) is 15.1. The van der Waals surface area contributed by atoms with Gasteiger partial charge in [0.05, 0.1) is 13.7 Å². The van der Waals surface area contributed by atoms with Crippen molar-refractivity contribution in [3.8, 4) is 11.5 Å². The van der Waals surface area contributed by atoms with E-state index in [1.165, 1.54) is 12.7 Å². The van der Waals surface area contributed by atoms with Gasteiger partial charge in [0.15, 0.2) is 11.5 Å². The van der Waals surface area contributed by atoms with Gasteiger partial charge in [0.1, 0.15) is 0 Å². The minimum absolute atomic E-state index is 0.0170. The van der Waals surface area contributed by atoms with E-state index in [0.717, 1.165) is 12.0 Å². The average molecular weight is 287 g/mol. The zero-order valence-corrected chi connectivity index (χ0v) is 12.1. The molecule has 0 aliphatic carbocycles. The van der Waals surface area contributed by atoms with Gasteiger partial charge in [-0.1, -0.05) is 36.4 Å². The molecule has 4 heteroatoms. The number of hydrogen-bond donors (Lipinski definition) is 3. The number of phenols is 1. The van der Waals surface area contributed by atoms with Crippen LogP contribution in [0.1, 0.15) is 11.1 Å². The van der Waals surface area contributed by atoms with Crippen molar-refractivity contribution in [2.45, 2.75) is 19.0 Å². The summed E-state index contributed by atoms with van der Waals surface area (Å²) in [4.78, 5) is 0. The Labute approximate surface area is 125 Å². The third-order valence-corrected chi connectivity index (χ3v) is 3.38. The SMILES string of the molecule is COc1ccc(CN[C@@H](CO)Cc2ccccc2)cc1O. The van der Waals surface area contributed by atoms with Crippen molar-refractivity contribution in [1.29, 1.82) is 0 Å². The number of hydrogen-bond acceptors (Lipinski definition) is 4. The smallest absolute Gasteiger partial charge is 0.160 e. The lowest BCUT2D eigenvalue weighted by molar-refractivity contribution is 0.240. The lowest BCUT2D eigenvalue weighted by Gasteiger charge is -2.17. The number of methoxy groups -OCH3 is 1. The van der Waals surface area contributed by atoms with E-state index in [1.807, 2.05) is 36.4 Å². The van der Waals surface area contributed by atoms with E-state index in [0.29, 0.717) is 12.3 Å². The number of rotatable bonds is 7. The summed E-state index contributed by atoms with van der Waals surface area (Å²) >= 11 is 0. The number of aliphatic hydroxyl groups excluding tert-OH is 1. The van der Waals surface area contributed by atoms with Crippen molar-refractivity contribution in [3.63, 3.8) is 0 Å². The molecule has 21 heavy (non-hydrogen) atoms. The molecule has 0 radical (unpaired) electrons. The summed E-state index contributed by atoms with van der Waals surface area (Å²) in [6.45, 7) is 0.645. The van der Waals surface area contributed by atoms with Gasteiger partial charge in [0, 0.05) is 12.6 Å². The van der Waals surface area contributed by atoms with E-state index in [4.69, 9.17) is 4.74 Å². The molecule has 2 aromatic rings. The third kappa shape index (κ3) is 4.48. The van der Waals surface area contributed by atoms with Crippen LogP contribution < -0.4 is 10.1 Å². The molecule has 3 N–H and O–H groups in total. The second-order valence-electron chi connectivity index (χ2n) is 4.96. The lowest BCUT2D eigenvalue weighted by Crippen LogP contribution is -2.34. The molecular weight excluding hydrogens is 266 g/mol. The fourth-order valence-electron chi connectivity index (χ4n) is 2.21. The van der Waals surface area contributed by atoms with Crippen molar-refractivity contribution >= 4 is 0 Å². The first-order chi connectivity index (χ1) is 10.2. The third-order valence-electron chi connectivity index (χ3n) is 3.38. The largest absolute Gasteiger partial charge is 0.504 e. The summed E-state index contributed by atoms with van der Waals surface area (Å²) in [6.07, 6.45) is 0.763. The topological polar surface area (TPSA) is 61.7 Å².